The molecule has 0 aliphatic rings. The summed E-state index contributed by atoms with van der Waals surface area (Å²) in [6, 6.07) is 20.5. The Morgan fingerprint density at radius 1 is 0.966 bits per heavy atom. The summed E-state index contributed by atoms with van der Waals surface area (Å²) in [6.07, 6.45) is 0.797. The van der Waals surface area contributed by atoms with Gasteiger partial charge in [0.05, 0.1) is 5.56 Å². The van der Waals surface area contributed by atoms with E-state index in [0.717, 1.165) is 22.6 Å². The lowest BCUT2D eigenvalue weighted by Crippen LogP contribution is -2.36. The van der Waals surface area contributed by atoms with Crippen molar-refractivity contribution in [1.82, 2.24) is 4.90 Å². The van der Waals surface area contributed by atoms with Crippen LogP contribution >= 0.6 is 0 Å². The number of benzene rings is 3. The Morgan fingerprint density at radius 2 is 1.69 bits per heavy atom. The lowest BCUT2D eigenvalue weighted by atomic mass is 10.0. The number of nitrogens with zero attached hydrogens (tertiary/aromatic N) is 1. The summed E-state index contributed by atoms with van der Waals surface area (Å²) in [7, 11) is 0. The van der Waals surface area contributed by atoms with Crippen LogP contribution in [0.25, 0.3) is 10.8 Å². The van der Waals surface area contributed by atoms with E-state index in [4.69, 9.17) is 10.5 Å². The summed E-state index contributed by atoms with van der Waals surface area (Å²) in [5, 5.41) is 1.68. The molecule has 0 saturated carbocycles. The third kappa shape index (κ3) is 5.19. The minimum Gasteiger partial charge on any atom is -0.483 e. The van der Waals surface area contributed by atoms with E-state index < -0.39 is 5.91 Å². The molecule has 0 fully saturated rings. The number of hydrogen-bond acceptors (Lipinski definition) is 4. The summed E-state index contributed by atoms with van der Waals surface area (Å²) < 4.78 is 5.68. The van der Waals surface area contributed by atoms with E-state index in [1.165, 1.54) is 4.90 Å². The lowest BCUT2D eigenvalue weighted by molar-refractivity contribution is -0.134. The molecule has 0 heterocycles. The quantitative estimate of drug-likeness (QED) is 0.569. The Bertz CT molecular complexity index is 1020. The summed E-state index contributed by atoms with van der Waals surface area (Å²) >= 11 is 0. The molecule has 0 saturated heterocycles. The average Bonchev–Trinajstić information content (AvgIpc) is 2.75. The molecule has 6 nitrogen and oxygen atoms in total. The maximum atomic E-state index is 12.8. The van der Waals surface area contributed by atoms with Gasteiger partial charge in [0, 0.05) is 19.5 Å². The van der Waals surface area contributed by atoms with Crippen LogP contribution in [0.4, 0.5) is 0 Å². The number of aldehydes is 1. The van der Waals surface area contributed by atoms with Crippen molar-refractivity contribution in [3.8, 4) is 5.75 Å². The second-order valence-electron chi connectivity index (χ2n) is 6.62. The van der Waals surface area contributed by atoms with Gasteiger partial charge in [0.15, 0.2) is 12.9 Å². The van der Waals surface area contributed by atoms with Crippen LogP contribution in [0.5, 0.6) is 5.75 Å². The third-order valence-corrected chi connectivity index (χ3v) is 4.60. The van der Waals surface area contributed by atoms with Crippen LogP contribution in [0.2, 0.25) is 0 Å². The van der Waals surface area contributed by atoms with Crippen LogP contribution in [-0.4, -0.2) is 36.2 Å². The molecule has 0 atom stereocenters. The van der Waals surface area contributed by atoms with Gasteiger partial charge >= 0.3 is 0 Å². The number of amides is 2. The molecule has 0 radical (unpaired) electrons. The maximum absolute atomic E-state index is 12.8. The molecule has 0 aromatic heterocycles. The van der Waals surface area contributed by atoms with Crippen molar-refractivity contribution in [1.29, 1.82) is 0 Å². The Hall–Kier alpha value is -3.67. The van der Waals surface area contributed by atoms with Crippen LogP contribution in [-0.2, 0) is 16.1 Å². The topological polar surface area (TPSA) is 89.7 Å². The molecular weight excluding hydrogens is 368 g/mol. The number of fused-ring (bicyclic) bond motifs is 1. The Morgan fingerprint density at radius 3 is 2.41 bits per heavy atom. The maximum Gasteiger partial charge on any atom is 0.260 e. The first-order valence-electron chi connectivity index (χ1n) is 9.28. The van der Waals surface area contributed by atoms with E-state index in [1.54, 1.807) is 6.07 Å². The minimum absolute atomic E-state index is 0.0636. The molecular formula is C23H22N2O4. The van der Waals surface area contributed by atoms with Crippen molar-refractivity contribution < 1.29 is 19.1 Å². The molecule has 3 rings (SSSR count). The zero-order chi connectivity index (χ0) is 20.6. The van der Waals surface area contributed by atoms with E-state index in [1.807, 2.05) is 60.7 Å². The lowest BCUT2D eigenvalue weighted by Gasteiger charge is -2.23. The number of primary amides is 1. The van der Waals surface area contributed by atoms with Crippen molar-refractivity contribution in [2.24, 2.45) is 5.73 Å². The van der Waals surface area contributed by atoms with Gasteiger partial charge in [-0.05, 0) is 22.4 Å². The first-order valence-corrected chi connectivity index (χ1v) is 9.28. The summed E-state index contributed by atoms with van der Waals surface area (Å²) in [6.45, 7) is 0.296. The molecule has 148 valence electrons. The molecule has 2 N–H and O–H groups in total. The molecule has 3 aromatic rings. The van der Waals surface area contributed by atoms with Crippen molar-refractivity contribution >= 4 is 28.9 Å². The van der Waals surface area contributed by atoms with Gasteiger partial charge in [-0.1, -0.05) is 60.7 Å². The van der Waals surface area contributed by atoms with E-state index in [0.29, 0.717) is 17.9 Å². The van der Waals surface area contributed by atoms with Crippen molar-refractivity contribution in [3.05, 3.63) is 77.9 Å². The highest BCUT2D eigenvalue weighted by molar-refractivity contribution is 6.00. The molecule has 0 bridgehead atoms. The molecule has 3 aromatic carbocycles. The van der Waals surface area contributed by atoms with Crippen LogP contribution in [0.15, 0.2) is 66.7 Å². The van der Waals surface area contributed by atoms with Crippen LogP contribution < -0.4 is 10.5 Å². The Balaban J connectivity index is 1.74. The summed E-state index contributed by atoms with van der Waals surface area (Å²) in [5.74, 6) is -0.420. The number of hydrogen-bond donors (Lipinski definition) is 1. The van der Waals surface area contributed by atoms with Crippen LogP contribution in [0.1, 0.15) is 22.3 Å². The van der Waals surface area contributed by atoms with Gasteiger partial charge < -0.3 is 15.4 Å². The van der Waals surface area contributed by atoms with Gasteiger partial charge in [0.25, 0.3) is 5.91 Å². The van der Waals surface area contributed by atoms with Gasteiger partial charge in [-0.25, -0.2) is 0 Å². The summed E-state index contributed by atoms with van der Waals surface area (Å²) in [5.41, 5.74) is 6.58. The van der Waals surface area contributed by atoms with Gasteiger partial charge in [-0.3, -0.25) is 14.4 Å². The molecule has 29 heavy (non-hydrogen) atoms. The smallest absolute Gasteiger partial charge is 0.260 e. The average molecular weight is 390 g/mol. The zero-order valence-electron chi connectivity index (χ0n) is 15.9. The highest BCUT2D eigenvalue weighted by Crippen LogP contribution is 2.26. The molecule has 0 aliphatic heterocycles. The highest BCUT2D eigenvalue weighted by Gasteiger charge is 2.17. The van der Waals surface area contributed by atoms with E-state index in [2.05, 4.69) is 0 Å². The molecule has 0 unspecified atom stereocenters. The predicted molar refractivity (Wildman–Crippen MR) is 111 cm³/mol. The second-order valence-corrected chi connectivity index (χ2v) is 6.62. The normalized spacial score (nSPS) is 10.5. The minimum atomic E-state index is -0.477. The fourth-order valence-electron chi connectivity index (χ4n) is 3.09. The van der Waals surface area contributed by atoms with Crippen molar-refractivity contribution in [2.45, 2.75) is 13.0 Å². The van der Waals surface area contributed by atoms with Crippen molar-refractivity contribution in [2.75, 3.05) is 13.2 Å². The van der Waals surface area contributed by atoms with Gasteiger partial charge in [0.2, 0.25) is 5.91 Å². The van der Waals surface area contributed by atoms with Gasteiger partial charge in [-0.15, -0.1) is 0 Å². The first kappa shape index (κ1) is 20.1. The number of carbonyl (C=O) groups is 3. The Labute approximate surface area is 168 Å². The standard InChI is InChI=1S/C23H22N2O4/c24-22(27)12-13-25(14-17-6-2-1-3-7-17)23(28)16-29-21-11-10-18-8-4-5-9-19(18)20(21)15-26/h1-11,15H,12-14,16H2,(H2,24,27). The van der Waals surface area contributed by atoms with E-state index >= 15 is 0 Å². The number of rotatable bonds is 9. The van der Waals surface area contributed by atoms with Crippen molar-refractivity contribution in [3.63, 3.8) is 0 Å². The van der Waals surface area contributed by atoms with E-state index in [-0.39, 0.29) is 25.5 Å². The van der Waals surface area contributed by atoms with Crippen LogP contribution in [0.3, 0.4) is 0 Å². The van der Waals surface area contributed by atoms with Gasteiger partial charge in [-0.2, -0.15) is 0 Å². The fraction of sp³-hybridized carbons (Fsp3) is 0.174. The second kappa shape index (κ2) is 9.50. The first-order chi connectivity index (χ1) is 14.1. The molecule has 6 heteroatoms. The Kier molecular flexibility index (Phi) is 6.58. The largest absolute Gasteiger partial charge is 0.483 e. The fourth-order valence-corrected chi connectivity index (χ4v) is 3.09. The predicted octanol–water partition coefficient (Wildman–Crippen LogP) is 2.94. The monoisotopic (exact) mass is 390 g/mol. The number of nitrogens with two attached hydrogens (primary N) is 1. The highest BCUT2D eigenvalue weighted by atomic mass is 16.5. The van der Waals surface area contributed by atoms with E-state index in [9.17, 15) is 14.4 Å². The van der Waals surface area contributed by atoms with Gasteiger partial charge in [0.1, 0.15) is 5.75 Å². The molecule has 2 amide bonds. The summed E-state index contributed by atoms with van der Waals surface area (Å²) in [4.78, 5) is 37.1. The molecule has 0 spiro atoms. The molecule has 0 aliphatic carbocycles. The number of carbonyl (C=O) groups excluding carboxylic acids is 3. The van der Waals surface area contributed by atoms with Crippen LogP contribution in [0, 0.1) is 0 Å². The third-order valence-electron chi connectivity index (χ3n) is 4.60. The zero-order valence-corrected chi connectivity index (χ0v) is 15.9. The SMILES string of the molecule is NC(=O)CCN(Cc1ccccc1)C(=O)COc1ccc2ccccc2c1C=O. The number of ether oxygens (including phenoxy) is 1.